The number of amides is 1. The van der Waals surface area contributed by atoms with Gasteiger partial charge < -0.3 is 5.11 Å². The van der Waals surface area contributed by atoms with Crippen LogP contribution in [-0.4, -0.2) is 51.0 Å². The second kappa shape index (κ2) is 9.21. The molecule has 4 N–H and O–H groups in total. The van der Waals surface area contributed by atoms with Crippen LogP contribution in [0.15, 0.2) is 48.5 Å². The highest BCUT2D eigenvalue weighted by atomic mass is 16.5. The lowest BCUT2D eigenvalue weighted by Crippen LogP contribution is -2.32. The number of nitrogens with one attached hydrogen (secondary N) is 2. The van der Waals surface area contributed by atoms with Crippen LogP contribution >= 0.6 is 0 Å². The van der Waals surface area contributed by atoms with Gasteiger partial charge >= 0.3 is 0 Å². The Morgan fingerprint density at radius 2 is 2.13 bits per heavy atom. The van der Waals surface area contributed by atoms with Gasteiger partial charge in [0.25, 0.3) is 5.91 Å². The minimum Gasteiger partial charge on any atom is -0.395 e. The summed E-state index contributed by atoms with van der Waals surface area (Å²) >= 11 is 0. The number of hydrogen-bond donors (Lipinski definition) is 4. The number of aliphatic hydroxyl groups excluding tert-OH is 1. The summed E-state index contributed by atoms with van der Waals surface area (Å²) in [7, 11) is 0. The molecule has 1 aliphatic rings. The van der Waals surface area contributed by atoms with E-state index in [2.05, 4.69) is 33.3 Å². The van der Waals surface area contributed by atoms with Crippen LogP contribution in [0.3, 0.4) is 0 Å². The van der Waals surface area contributed by atoms with E-state index in [1.807, 2.05) is 24.3 Å². The quantitative estimate of drug-likeness (QED) is 0.262. The lowest BCUT2D eigenvalue weighted by atomic mass is 10.0. The molecule has 0 saturated heterocycles. The number of hydrogen-bond acceptors (Lipinski definition) is 5. The van der Waals surface area contributed by atoms with Crippen molar-refractivity contribution in [3.8, 4) is 0 Å². The molecule has 2 aromatic carbocycles. The van der Waals surface area contributed by atoms with Crippen LogP contribution in [0.2, 0.25) is 0 Å². The van der Waals surface area contributed by atoms with Gasteiger partial charge in [-0.2, -0.15) is 5.10 Å². The number of benzene rings is 2. The predicted octanol–water partition coefficient (Wildman–Crippen LogP) is 2.61. The standard InChI is InChI=1S/C23H26N4O3/c28-14-13-27(12-11-21-19-3-1-2-4-20(19)24-25-21)22-9-7-17-15-16(5-8-18(17)22)6-10-23(29)26-30/h1-6,8,10,15,22,28,30H,7,9,11-14H2,(H,24,25)(H,26,29)/b10-6+. The van der Waals surface area contributed by atoms with Crippen molar-refractivity contribution in [2.24, 2.45) is 0 Å². The third-order valence-corrected chi connectivity index (χ3v) is 5.76. The molecule has 1 aliphatic carbocycles. The SMILES string of the molecule is O=C(/C=C/c1ccc2c(c1)CCC2N(CCO)CCc1n[nH]c2ccccc12)NO. The molecule has 4 rings (SSSR count). The van der Waals surface area contributed by atoms with Crippen LogP contribution in [0, 0.1) is 0 Å². The number of fused-ring (bicyclic) bond motifs is 2. The summed E-state index contributed by atoms with van der Waals surface area (Å²) in [4.78, 5) is 13.5. The molecule has 0 radical (unpaired) electrons. The van der Waals surface area contributed by atoms with E-state index in [1.165, 1.54) is 17.2 Å². The number of para-hydroxylation sites is 1. The lowest BCUT2D eigenvalue weighted by molar-refractivity contribution is -0.124. The Morgan fingerprint density at radius 3 is 2.97 bits per heavy atom. The molecule has 1 atom stereocenters. The number of aromatic amines is 1. The molecule has 3 aromatic rings. The van der Waals surface area contributed by atoms with E-state index in [9.17, 15) is 9.90 Å². The third kappa shape index (κ3) is 4.28. The Kier molecular flexibility index (Phi) is 6.23. The number of aromatic nitrogens is 2. The van der Waals surface area contributed by atoms with Crippen molar-refractivity contribution in [2.45, 2.75) is 25.3 Å². The zero-order valence-corrected chi connectivity index (χ0v) is 16.7. The molecule has 0 spiro atoms. The van der Waals surface area contributed by atoms with Gasteiger partial charge in [0.15, 0.2) is 0 Å². The molecule has 7 nitrogen and oxygen atoms in total. The zero-order chi connectivity index (χ0) is 20.9. The van der Waals surface area contributed by atoms with E-state index in [0.717, 1.165) is 48.0 Å². The third-order valence-electron chi connectivity index (χ3n) is 5.76. The monoisotopic (exact) mass is 406 g/mol. The fraction of sp³-hybridized carbons (Fsp3) is 0.304. The molecule has 7 heteroatoms. The van der Waals surface area contributed by atoms with Gasteiger partial charge in [0.2, 0.25) is 0 Å². The fourth-order valence-electron chi connectivity index (χ4n) is 4.32. The maximum absolute atomic E-state index is 11.2. The fourth-order valence-corrected chi connectivity index (χ4v) is 4.32. The first-order valence-electron chi connectivity index (χ1n) is 10.2. The molecule has 0 fully saturated rings. The van der Waals surface area contributed by atoms with E-state index >= 15 is 0 Å². The van der Waals surface area contributed by atoms with Crippen LogP contribution in [0.4, 0.5) is 0 Å². The number of carbonyl (C=O) groups excluding carboxylic acids is 1. The number of aliphatic hydroxyl groups is 1. The Balaban J connectivity index is 1.49. The summed E-state index contributed by atoms with van der Waals surface area (Å²) in [5, 5.41) is 27.0. The summed E-state index contributed by atoms with van der Waals surface area (Å²) in [5.41, 5.74) is 7.16. The molecule has 30 heavy (non-hydrogen) atoms. The normalized spacial score (nSPS) is 15.9. The Hall–Kier alpha value is -3.00. The van der Waals surface area contributed by atoms with Crippen molar-refractivity contribution in [3.05, 3.63) is 70.9 Å². The van der Waals surface area contributed by atoms with Gasteiger partial charge in [-0.15, -0.1) is 0 Å². The van der Waals surface area contributed by atoms with Crippen LogP contribution in [0.5, 0.6) is 0 Å². The molecule has 0 aliphatic heterocycles. The second-order valence-electron chi connectivity index (χ2n) is 7.55. The van der Waals surface area contributed by atoms with Crippen molar-refractivity contribution in [1.29, 1.82) is 0 Å². The Bertz CT molecular complexity index is 1060. The van der Waals surface area contributed by atoms with Crippen LogP contribution in [-0.2, 0) is 17.6 Å². The average Bonchev–Trinajstić information content (AvgIpc) is 3.39. The summed E-state index contributed by atoms with van der Waals surface area (Å²) in [6.45, 7) is 1.55. The number of H-pyrrole nitrogens is 1. The van der Waals surface area contributed by atoms with Gasteiger partial charge in [0, 0.05) is 37.0 Å². The first-order chi connectivity index (χ1) is 14.7. The van der Waals surface area contributed by atoms with Gasteiger partial charge in [0.1, 0.15) is 0 Å². The van der Waals surface area contributed by atoms with Crippen LogP contribution in [0.1, 0.15) is 34.8 Å². The minimum absolute atomic E-state index is 0.115. The molecule has 1 unspecified atom stereocenters. The minimum atomic E-state index is -0.548. The number of hydroxylamine groups is 1. The molecule has 0 saturated carbocycles. The van der Waals surface area contributed by atoms with E-state index in [-0.39, 0.29) is 12.6 Å². The van der Waals surface area contributed by atoms with Crippen molar-refractivity contribution >= 4 is 22.9 Å². The molecule has 1 heterocycles. The van der Waals surface area contributed by atoms with Gasteiger partial charge in [-0.3, -0.25) is 20.0 Å². The Labute approximate surface area is 175 Å². The van der Waals surface area contributed by atoms with Crippen molar-refractivity contribution in [2.75, 3.05) is 19.7 Å². The maximum atomic E-state index is 11.2. The number of aryl methyl sites for hydroxylation is 1. The highest BCUT2D eigenvalue weighted by molar-refractivity contribution is 5.90. The maximum Gasteiger partial charge on any atom is 0.267 e. The highest BCUT2D eigenvalue weighted by Gasteiger charge is 2.27. The molecule has 1 amide bonds. The Morgan fingerprint density at radius 1 is 1.27 bits per heavy atom. The summed E-state index contributed by atoms with van der Waals surface area (Å²) < 4.78 is 0. The number of rotatable bonds is 8. The van der Waals surface area contributed by atoms with E-state index in [1.54, 1.807) is 11.6 Å². The average molecular weight is 406 g/mol. The molecular weight excluding hydrogens is 380 g/mol. The highest BCUT2D eigenvalue weighted by Crippen LogP contribution is 2.36. The summed E-state index contributed by atoms with van der Waals surface area (Å²) in [5.74, 6) is -0.548. The first kappa shape index (κ1) is 20.3. The second-order valence-corrected chi connectivity index (χ2v) is 7.55. The van der Waals surface area contributed by atoms with Crippen molar-refractivity contribution < 1.29 is 15.1 Å². The van der Waals surface area contributed by atoms with Crippen molar-refractivity contribution in [1.82, 2.24) is 20.6 Å². The van der Waals surface area contributed by atoms with Crippen molar-refractivity contribution in [3.63, 3.8) is 0 Å². The van der Waals surface area contributed by atoms with Crippen LogP contribution < -0.4 is 5.48 Å². The van der Waals surface area contributed by atoms with E-state index < -0.39 is 5.91 Å². The molecule has 156 valence electrons. The summed E-state index contributed by atoms with van der Waals surface area (Å²) in [6.07, 6.45) is 5.77. The van der Waals surface area contributed by atoms with Gasteiger partial charge in [-0.1, -0.05) is 36.4 Å². The van der Waals surface area contributed by atoms with Crippen LogP contribution in [0.25, 0.3) is 17.0 Å². The topological polar surface area (TPSA) is 101 Å². The number of carbonyl (C=O) groups is 1. The smallest absolute Gasteiger partial charge is 0.267 e. The molecule has 1 aromatic heterocycles. The molecule has 0 bridgehead atoms. The van der Waals surface area contributed by atoms with Gasteiger partial charge in [0.05, 0.1) is 17.8 Å². The summed E-state index contributed by atoms with van der Waals surface area (Å²) in [6, 6.07) is 14.6. The largest absolute Gasteiger partial charge is 0.395 e. The predicted molar refractivity (Wildman–Crippen MR) is 115 cm³/mol. The zero-order valence-electron chi connectivity index (χ0n) is 16.7. The molecular formula is C23H26N4O3. The lowest BCUT2D eigenvalue weighted by Gasteiger charge is -2.29. The van der Waals surface area contributed by atoms with E-state index in [0.29, 0.717) is 6.54 Å². The first-order valence-corrected chi connectivity index (χ1v) is 10.2. The van der Waals surface area contributed by atoms with Gasteiger partial charge in [-0.25, -0.2) is 5.48 Å². The number of nitrogens with zero attached hydrogens (tertiary/aromatic N) is 2. The van der Waals surface area contributed by atoms with E-state index in [4.69, 9.17) is 5.21 Å². The van der Waals surface area contributed by atoms with Gasteiger partial charge in [-0.05, 0) is 41.7 Å².